The lowest BCUT2D eigenvalue weighted by Gasteiger charge is -2.34. The molecule has 4 N–H and O–H groups in total. The van der Waals surface area contributed by atoms with Gasteiger partial charge >= 0.3 is 0 Å². The van der Waals surface area contributed by atoms with Gasteiger partial charge in [0.15, 0.2) is 0 Å². The number of hydrogen-bond donors (Lipinski definition) is 3. The lowest BCUT2D eigenvalue weighted by atomic mass is 9.92. The highest BCUT2D eigenvalue weighted by Gasteiger charge is 2.27. The zero-order valence-corrected chi connectivity index (χ0v) is 11.0. The van der Waals surface area contributed by atoms with Gasteiger partial charge in [-0.05, 0) is 37.8 Å². The maximum Gasteiger partial charge on any atom is 0.257 e. The third-order valence-corrected chi connectivity index (χ3v) is 3.70. The van der Waals surface area contributed by atoms with Crippen molar-refractivity contribution >= 4 is 5.91 Å². The number of benzene rings is 1. The SMILES string of the molecule is CC(N)C1CCCN(C(=O)c2ccc(O)cc2O)C1. The van der Waals surface area contributed by atoms with Gasteiger partial charge in [0.2, 0.25) is 0 Å². The average Bonchev–Trinajstić information content (AvgIpc) is 2.38. The van der Waals surface area contributed by atoms with E-state index in [0.29, 0.717) is 19.0 Å². The van der Waals surface area contributed by atoms with Crippen molar-refractivity contribution in [2.24, 2.45) is 11.7 Å². The van der Waals surface area contributed by atoms with Crippen LogP contribution in [0.15, 0.2) is 18.2 Å². The van der Waals surface area contributed by atoms with E-state index in [1.165, 1.54) is 18.2 Å². The summed E-state index contributed by atoms with van der Waals surface area (Å²) in [7, 11) is 0. The Hall–Kier alpha value is -1.75. The highest BCUT2D eigenvalue weighted by Crippen LogP contribution is 2.26. The molecule has 5 nitrogen and oxygen atoms in total. The van der Waals surface area contributed by atoms with Crippen molar-refractivity contribution in [2.75, 3.05) is 13.1 Å². The summed E-state index contributed by atoms with van der Waals surface area (Å²) < 4.78 is 0. The van der Waals surface area contributed by atoms with Crippen LogP contribution in [0.2, 0.25) is 0 Å². The fraction of sp³-hybridized carbons (Fsp3) is 0.500. The maximum absolute atomic E-state index is 12.3. The van der Waals surface area contributed by atoms with E-state index >= 15 is 0 Å². The number of phenolic OH excluding ortho intramolecular Hbond substituents is 2. The molecule has 1 amide bonds. The number of carbonyl (C=O) groups excluding carboxylic acids is 1. The van der Waals surface area contributed by atoms with Crippen LogP contribution in [0.3, 0.4) is 0 Å². The first-order valence-corrected chi connectivity index (χ1v) is 6.56. The number of phenols is 2. The van der Waals surface area contributed by atoms with Crippen LogP contribution in [-0.4, -0.2) is 40.2 Å². The van der Waals surface area contributed by atoms with Crippen molar-refractivity contribution in [1.82, 2.24) is 4.90 Å². The van der Waals surface area contributed by atoms with E-state index in [0.717, 1.165) is 12.8 Å². The molecule has 0 bridgehead atoms. The van der Waals surface area contributed by atoms with E-state index in [1.807, 2.05) is 6.92 Å². The van der Waals surface area contributed by atoms with Gasteiger partial charge in [0, 0.05) is 25.2 Å². The molecule has 0 aliphatic carbocycles. The number of amides is 1. The Morgan fingerprint density at radius 2 is 2.21 bits per heavy atom. The molecule has 1 fully saturated rings. The molecular weight excluding hydrogens is 244 g/mol. The van der Waals surface area contributed by atoms with Gasteiger partial charge in [-0.3, -0.25) is 4.79 Å². The number of hydrogen-bond acceptors (Lipinski definition) is 4. The molecule has 1 aromatic rings. The van der Waals surface area contributed by atoms with Crippen LogP contribution in [0.1, 0.15) is 30.1 Å². The fourth-order valence-electron chi connectivity index (χ4n) is 2.49. The molecule has 2 rings (SSSR count). The third-order valence-electron chi connectivity index (χ3n) is 3.70. The summed E-state index contributed by atoms with van der Waals surface area (Å²) >= 11 is 0. The summed E-state index contributed by atoms with van der Waals surface area (Å²) in [4.78, 5) is 14.1. The van der Waals surface area contributed by atoms with Gasteiger partial charge in [-0.2, -0.15) is 0 Å². The summed E-state index contributed by atoms with van der Waals surface area (Å²) in [6.45, 7) is 3.26. The van der Waals surface area contributed by atoms with Crippen molar-refractivity contribution in [3.05, 3.63) is 23.8 Å². The van der Waals surface area contributed by atoms with Gasteiger partial charge in [0.05, 0.1) is 5.56 Å². The van der Waals surface area contributed by atoms with E-state index in [4.69, 9.17) is 5.73 Å². The van der Waals surface area contributed by atoms with Gasteiger partial charge in [0.1, 0.15) is 11.5 Å². The molecule has 104 valence electrons. The molecular formula is C14H20N2O3. The van der Waals surface area contributed by atoms with Crippen molar-refractivity contribution in [3.63, 3.8) is 0 Å². The highest BCUT2D eigenvalue weighted by molar-refractivity contribution is 5.97. The predicted molar refractivity (Wildman–Crippen MR) is 72.0 cm³/mol. The Kier molecular flexibility index (Phi) is 3.95. The van der Waals surface area contributed by atoms with Crippen LogP contribution in [0, 0.1) is 5.92 Å². The molecule has 1 heterocycles. The normalized spacial score (nSPS) is 21.2. The van der Waals surface area contributed by atoms with Gasteiger partial charge < -0.3 is 20.8 Å². The number of likely N-dealkylation sites (tertiary alicyclic amines) is 1. The second-order valence-corrected chi connectivity index (χ2v) is 5.21. The summed E-state index contributed by atoms with van der Waals surface area (Å²) in [6.07, 6.45) is 1.96. The zero-order valence-electron chi connectivity index (χ0n) is 11.0. The van der Waals surface area contributed by atoms with E-state index < -0.39 is 0 Å². The van der Waals surface area contributed by atoms with Crippen molar-refractivity contribution in [3.8, 4) is 11.5 Å². The second kappa shape index (κ2) is 5.48. The fourth-order valence-corrected chi connectivity index (χ4v) is 2.49. The van der Waals surface area contributed by atoms with Crippen LogP contribution in [-0.2, 0) is 0 Å². The summed E-state index contributed by atoms with van der Waals surface area (Å²) in [5, 5.41) is 19.0. The number of piperidine rings is 1. The van der Waals surface area contributed by atoms with Gasteiger partial charge in [-0.25, -0.2) is 0 Å². The molecule has 1 aliphatic rings. The lowest BCUT2D eigenvalue weighted by Crippen LogP contribution is -2.45. The molecule has 19 heavy (non-hydrogen) atoms. The molecule has 2 atom stereocenters. The Morgan fingerprint density at radius 3 is 2.84 bits per heavy atom. The van der Waals surface area contributed by atoms with Crippen LogP contribution < -0.4 is 5.73 Å². The number of carbonyl (C=O) groups is 1. The van der Waals surface area contributed by atoms with Crippen LogP contribution in [0.5, 0.6) is 11.5 Å². The Morgan fingerprint density at radius 1 is 1.47 bits per heavy atom. The van der Waals surface area contributed by atoms with Crippen molar-refractivity contribution < 1.29 is 15.0 Å². The first kappa shape index (κ1) is 13.7. The number of nitrogens with zero attached hydrogens (tertiary/aromatic N) is 1. The molecule has 2 unspecified atom stereocenters. The molecule has 0 saturated carbocycles. The molecule has 0 aromatic heterocycles. The predicted octanol–water partition coefficient (Wildman–Crippen LogP) is 1.30. The molecule has 1 saturated heterocycles. The summed E-state index contributed by atoms with van der Waals surface area (Å²) in [5.74, 6) is -0.145. The van der Waals surface area contributed by atoms with Crippen LogP contribution >= 0.6 is 0 Å². The van der Waals surface area contributed by atoms with Crippen LogP contribution in [0.4, 0.5) is 0 Å². The number of rotatable bonds is 2. The van der Waals surface area contributed by atoms with Gasteiger partial charge in [-0.1, -0.05) is 0 Å². The van der Waals surface area contributed by atoms with Crippen molar-refractivity contribution in [2.45, 2.75) is 25.8 Å². The first-order valence-electron chi connectivity index (χ1n) is 6.56. The molecule has 1 aromatic carbocycles. The molecule has 0 radical (unpaired) electrons. The van der Waals surface area contributed by atoms with Crippen LogP contribution in [0.25, 0.3) is 0 Å². The average molecular weight is 264 g/mol. The maximum atomic E-state index is 12.3. The number of aromatic hydroxyl groups is 2. The van der Waals surface area contributed by atoms with E-state index in [9.17, 15) is 15.0 Å². The van der Waals surface area contributed by atoms with Gasteiger partial charge in [-0.15, -0.1) is 0 Å². The Balaban J connectivity index is 2.15. The van der Waals surface area contributed by atoms with E-state index in [-0.39, 0.29) is 29.0 Å². The molecule has 0 spiro atoms. The largest absolute Gasteiger partial charge is 0.508 e. The third kappa shape index (κ3) is 2.98. The van der Waals surface area contributed by atoms with Gasteiger partial charge in [0.25, 0.3) is 5.91 Å². The smallest absolute Gasteiger partial charge is 0.257 e. The minimum atomic E-state index is -0.206. The molecule has 5 heteroatoms. The zero-order chi connectivity index (χ0) is 14.0. The molecule has 1 aliphatic heterocycles. The summed E-state index contributed by atoms with van der Waals surface area (Å²) in [5.41, 5.74) is 6.12. The lowest BCUT2D eigenvalue weighted by molar-refractivity contribution is 0.0658. The number of nitrogens with two attached hydrogens (primary N) is 1. The summed E-state index contributed by atoms with van der Waals surface area (Å²) in [6, 6.07) is 4.09. The second-order valence-electron chi connectivity index (χ2n) is 5.21. The monoisotopic (exact) mass is 264 g/mol. The van der Waals surface area contributed by atoms with E-state index in [1.54, 1.807) is 4.90 Å². The highest BCUT2D eigenvalue weighted by atomic mass is 16.3. The Labute approximate surface area is 112 Å². The van der Waals surface area contributed by atoms with E-state index in [2.05, 4.69) is 0 Å². The van der Waals surface area contributed by atoms with Crippen molar-refractivity contribution in [1.29, 1.82) is 0 Å². The topological polar surface area (TPSA) is 86.8 Å². The Bertz CT molecular complexity index is 474. The first-order chi connectivity index (χ1) is 8.99. The minimum absolute atomic E-state index is 0.0545. The standard InChI is InChI=1S/C14H20N2O3/c1-9(15)10-3-2-6-16(8-10)14(19)12-5-4-11(17)7-13(12)18/h4-5,7,9-10,17-18H,2-3,6,8,15H2,1H3. The quantitative estimate of drug-likeness (QED) is 0.751. The minimum Gasteiger partial charge on any atom is -0.508 e.